The fourth-order valence-corrected chi connectivity index (χ4v) is 5.65. The van der Waals surface area contributed by atoms with Crippen molar-refractivity contribution in [2.75, 3.05) is 0 Å². The average molecular weight is 499 g/mol. The predicted octanol–water partition coefficient (Wildman–Crippen LogP) is 6.25. The minimum atomic E-state index is 0.142. The van der Waals surface area contributed by atoms with E-state index in [2.05, 4.69) is 64.1 Å². The molecule has 0 spiro atoms. The molecular weight excluding hydrogens is 460 g/mol. The highest BCUT2D eigenvalue weighted by atomic mass is 16.1. The number of imidazole rings is 1. The molecule has 0 radical (unpaired) electrons. The summed E-state index contributed by atoms with van der Waals surface area (Å²) in [5.74, 6) is 1.28. The van der Waals surface area contributed by atoms with E-state index in [4.69, 9.17) is 0 Å². The second-order valence-corrected chi connectivity index (χ2v) is 10.4. The Labute approximate surface area is 218 Å². The molecule has 0 atom stereocenters. The highest BCUT2D eigenvalue weighted by Gasteiger charge is 2.18. The molecule has 1 fully saturated rings. The van der Waals surface area contributed by atoms with Gasteiger partial charge < -0.3 is 0 Å². The molecule has 37 heavy (non-hydrogen) atoms. The minimum Gasteiger partial charge on any atom is -0.299 e. The lowest BCUT2D eigenvalue weighted by Gasteiger charge is -2.21. The first-order valence-corrected chi connectivity index (χ1v) is 13.9. The molecule has 0 saturated heterocycles. The van der Waals surface area contributed by atoms with Crippen LogP contribution in [0.5, 0.6) is 0 Å². The van der Waals surface area contributed by atoms with E-state index < -0.39 is 0 Å². The lowest BCUT2D eigenvalue weighted by Crippen LogP contribution is -2.28. The molecule has 5 rings (SSSR count). The fraction of sp³-hybridized carbons (Fsp3) is 0.467. The van der Waals surface area contributed by atoms with Gasteiger partial charge in [-0.3, -0.25) is 9.13 Å². The number of benzene rings is 2. The largest absolute Gasteiger partial charge is 0.328 e. The van der Waals surface area contributed by atoms with Crippen molar-refractivity contribution in [3.8, 4) is 22.5 Å². The standard InChI is InChI=1S/C30H38N6O/c1-2-3-4-8-13-26-22-35(20-23-11-6-5-7-12-23)30(37)36(26)21-24-16-18-25(19-17-24)27-14-9-10-15-28(27)29-31-33-34-32-29/h9-10,14-19,22-23H,2-8,11-13,20-21H2,1H3,(H,31,32,33,34). The molecule has 2 aromatic carbocycles. The maximum absolute atomic E-state index is 13.5. The normalized spacial score (nSPS) is 14.3. The molecular formula is C30H38N6O. The number of nitrogens with one attached hydrogen (secondary N) is 1. The second kappa shape index (κ2) is 12.2. The highest BCUT2D eigenvalue weighted by molar-refractivity contribution is 5.80. The van der Waals surface area contributed by atoms with Gasteiger partial charge >= 0.3 is 5.69 Å². The molecule has 4 aromatic rings. The highest BCUT2D eigenvalue weighted by Crippen LogP contribution is 2.30. The third-order valence-electron chi connectivity index (χ3n) is 7.73. The van der Waals surface area contributed by atoms with Gasteiger partial charge in [0.05, 0.1) is 6.54 Å². The third kappa shape index (κ3) is 6.09. The van der Waals surface area contributed by atoms with Gasteiger partial charge in [0.25, 0.3) is 0 Å². The summed E-state index contributed by atoms with van der Waals surface area (Å²) < 4.78 is 4.01. The number of H-pyrrole nitrogens is 1. The summed E-state index contributed by atoms with van der Waals surface area (Å²) in [4.78, 5) is 13.5. The first-order valence-electron chi connectivity index (χ1n) is 13.9. The topological polar surface area (TPSA) is 81.4 Å². The number of rotatable bonds is 11. The zero-order valence-corrected chi connectivity index (χ0v) is 21.9. The molecule has 1 N–H and O–H groups in total. The summed E-state index contributed by atoms with van der Waals surface area (Å²) in [5.41, 5.74) is 5.57. The van der Waals surface area contributed by atoms with Crippen LogP contribution in [0, 0.1) is 5.92 Å². The Kier molecular flexibility index (Phi) is 8.28. The quantitative estimate of drug-likeness (QED) is 0.248. The van der Waals surface area contributed by atoms with Crippen LogP contribution >= 0.6 is 0 Å². The summed E-state index contributed by atoms with van der Waals surface area (Å²) in [5, 5.41) is 14.4. The van der Waals surface area contributed by atoms with Crippen LogP contribution in [0.1, 0.15) is 76.0 Å². The van der Waals surface area contributed by atoms with E-state index in [0.717, 1.165) is 41.6 Å². The van der Waals surface area contributed by atoms with Crippen molar-refractivity contribution in [1.82, 2.24) is 29.8 Å². The van der Waals surface area contributed by atoms with Crippen LogP contribution in [0.15, 0.2) is 59.5 Å². The first-order chi connectivity index (χ1) is 18.2. The number of nitrogens with zero attached hydrogens (tertiary/aromatic N) is 5. The van der Waals surface area contributed by atoms with Gasteiger partial charge in [-0.1, -0.05) is 94.0 Å². The van der Waals surface area contributed by atoms with Crippen LogP contribution in [-0.2, 0) is 19.5 Å². The third-order valence-corrected chi connectivity index (χ3v) is 7.73. The summed E-state index contributed by atoms with van der Waals surface area (Å²) in [6, 6.07) is 16.6. The molecule has 2 aromatic heterocycles. The molecule has 0 unspecified atom stereocenters. The Morgan fingerprint density at radius 3 is 2.46 bits per heavy atom. The van der Waals surface area contributed by atoms with Crippen LogP contribution in [0.3, 0.4) is 0 Å². The summed E-state index contributed by atoms with van der Waals surface area (Å²) in [6.45, 7) is 3.70. The zero-order valence-electron chi connectivity index (χ0n) is 21.9. The summed E-state index contributed by atoms with van der Waals surface area (Å²) in [7, 11) is 0. The molecule has 0 aliphatic heterocycles. The number of hydrogen-bond acceptors (Lipinski definition) is 4. The second-order valence-electron chi connectivity index (χ2n) is 10.4. The Morgan fingerprint density at radius 1 is 0.946 bits per heavy atom. The molecule has 194 valence electrons. The first kappa shape index (κ1) is 25.2. The molecule has 2 heterocycles. The van der Waals surface area contributed by atoms with Crippen LogP contribution in [0.2, 0.25) is 0 Å². The van der Waals surface area contributed by atoms with Gasteiger partial charge in [-0.2, -0.15) is 0 Å². The Morgan fingerprint density at radius 2 is 1.73 bits per heavy atom. The van der Waals surface area contributed by atoms with E-state index in [1.165, 1.54) is 57.1 Å². The molecule has 7 heteroatoms. The smallest absolute Gasteiger partial charge is 0.299 e. The van der Waals surface area contributed by atoms with Crippen molar-refractivity contribution >= 4 is 0 Å². The van der Waals surface area contributed by atoms with E-state index >= 15 is 0 Å². The van der Waals surface area contributed by atoms with Gasteiger partial charge in [0, 0.05) is 24.0 Å². The van der Waals surface area contributed by atoms with Crippen molar-refractivity contribution in [1.29, 1.82) is 0 Å². The maximum atomic E-state index is 13.5. The fourth-order valence-electron chi connectivity index (χ4n) is 5.65. The number of aryl methyl sites for hydroxylation is 1. The molecule has 7 nitrogen and oxygen atoms in total. The van der Waals surface area contributed by atoms with Gasteiger partial charge in [0.1, 0.15) is 0 Å². The van der Waals surface area contributed by atoms with Gasteiger partial charge in [-0.15, -0.1) is 5.10 Å². The van der Waals surface area contributed by atoms with Gasteiger partial charge in [0.2, 0.25) is 0 Å². The van der Waals surface area contributed by atoms with Crippen molar-refractivity contribution in [2.24, 2.45) is 5.92 Å². The molecule has 0 bridgehead atoms. The Bertz CT molecular complexity index is 1310. The number of aromatic nitrogens is 6. The Hall–Kier alpha value is -3.48. The predicted molar refractivity (Wildman–Crippen MR) is 147 cm³/mol. The number of hydrogen-bond donors (Lipinski definition) is 1. The lowest BCUT2D eigenvalue weighted by molar-refractivity contribution is 0.315. The maximum Gasteiger partial charge on any atom is 0.328 e. The van der Waals surface area contributed by atoms with Crippen molar-refractivity contribution in [3.05, 3.63) is 76.5 Å². The van der Waals surface area contributed by atoms with Crippen LogP contribution in [0.4, 0.5) is 0 Å². The SMILES string of the molecule is CCCCCCc1cn(CC2CCCCC2)c(=O)n1Cc1ccc(-c2ccccc2-c2nnn[nH]2)cc1. The van der Waals surface area contributed by atoms with E-state index in [-0.39, 0.29) is 5.69 Å². The average Bonchev–Trinajstić information content (AvgIpc) is 3.57. The number of tetrazole rings is 1. The van der Waals surface area contributed by atoms with E-state index in [1.54, 1.807) is 0 Å². The van der Waals surface area contributed by atoms with Crippen molar-refractivity contribution < 1.29 is 0 Å². The van der Waals surface area contributed by atoms with E-state index in [0.29, 0.717) is 18.3 Å². The number of aromatic amines is 1. The molecule has 0 amide bonds. The van der Waals surface area contributed by atoms with Gasteiger partial charge in [-0.25, -0.2) is 9.89 Å². The number of unbranched alkanes of at least 4 members (excludes halogenated alkanes) is 3. The van der Waals surface area contributed by atoms with E-state index in [9.17, 15) is 4.79 Å². The molecule has 1 aliphatic carbocycles. The minimum absolute atomic E-state index is 0.142. The van der Waals surface area contributed by atoms with Crippen LogP contribution < -0.4 is 5.69 Å². The van der Waals surface area contributed by atoms with Crippen molar-refractivity contribution in [3.63, 3.8) is 0 Å². The van der Waals surface area contributed by atoms with Gasteiger partial charge in [-0.05, 0) is 58.7 Å². The van der Waals surface area contributed by atoms with Crippen LogP contribution in [-0.4, -0.2) is 29.8 Å². The monoisotopic (exact) mass is 498 g/mol. The van der Waals surface area contributed by atoms with Crippen LogP contribution in [0.25, 0.3) is 22.5 Å². The lowest BCUT2D eigenvalue weighted by atomic mass is 9.89. The van der Waals surface area contributed by atoms with Crippen molar-refractivity contribution in [2.45, 2.75) is 84.2 Å². The summed E-state index contributed by atoms with van der Waals surface area (Å²) in [6.07, 6.45) is 14.4. The Balaban J connectivity index is 1.37. The van der Waals surface area contributed by atoms with E-state index in [1.807, 2.05) is 27.3 Å². The molecule has 1 saturated carbocycles. The zero-order chi connectivity index (χ0) is 25.5. The van der Waals surface area contributed by atoms with Gasteiger partial charge in [0.15, 0.2) is 5.82 Å². The summed E-state index contributed by atoms with van der Waals surface area (Å²) >= 11 is 0. The molecule has 1 aliphatic rings.